The third-order valence-electron chi connectivity index (χ3n) is 3.95. The highest BCUT2D eigenvalue weighted by Crippen LogP contribution is 2.10. The Morgan fingerprint density at radius 3 is 2.08 bits per heavy atom. The van der Waals surface area contributed by atoms with E-state index in [1.165, 1.54) is 44.9 Å². The van der Waals surface area contributed by atoms with Crippen LogP contribution >= 0.6 is 11.8 Å². The molecule has 1 unspecified atom stereocenters. The highest BCUT2D eigenvalue weighted by Gasteiger charge is 2.22. The molecule has 0 aromatic rings. The fourth-order valence-electron chi connectivity index (χ4n) is 2.49. The van der Waals surface area contributed by atoms with Crippen LogP contribution in [0.25, 0.3) is 0 Å². The number of hydrogen-bond donors (Lipinski definition) is 1. The van der Waals surface area contributed by atoms with Gasteiger partial charge in [-0.15, -0.1) is 0 Å². The average Bonchev–Trinajstić information content (AvgIpc) is 2.60. The first-order valence-corrected chi connectivity index (χ1v) is 11.1. The van der Waals surface area contributed by atoms with Gasteiger partial charge in [0.2, 0.25) is 0 Å². The van der Waals surface area contributed by atoms with Gasteiger partial charge in [0.15, 0.2) is 0 Å². The third-order valence-corrected chi connectivity index (χ3v) is 4.60. The second kappa shape index (κ2) is 17.9. The van der Waals surface area contributed by atoms with Crippen molar-refractivity contribution in [2.45, 2.75) is 84.1 Å². The standard InChI is InChI=1S/C19H37NO4S/c1-4-6-7-8-9-10-11-12-13-15-24-18(21)17(14-16-25-3)20-19(22)23-5-2/h17H,4-16H2,1-3H3,(H,20,22). The summed E-state index contributed by atoms with van der Waals surface area (Å²) in [6.45, 7) is 4.68. The molecule has 6 heteroatoms. The van der Waals surface area contributed by atoms with Crippen molar-refractivity contribution < 1.29 is 19.1 Å². The van der Waals surface area contributed by atoms with Crippen LogP contribution in [-0.2, 0) is 14.3 Å². The largest absolute Gasteiger partial charge is 0.464 e. The molecular weight excluding hydrogens is 338 g/mol. The van der Waals surface area contributed by atoms with Crippen molar-refractivity contribution in [2.75, 3.05) is 25.2 Å². The molecular formula is C19H37NO4S. The molecule has 25 heavy (non-hydrogen) atoms. The molecule has 0 fully saturated rings. The summed E-state index contributed by atoms with van der Waals surface area (Å²) in [6.07, 6.45) is 13.0. The average molecular weight is 376 g/mol. The van der Waals surface area contributed by atoms with Crippen LogP contribution in [-0.4, -0.2) is 43.3 Å². The predicted octanol–water partition coefficient (Wildman–Crippen LogP) is 4.93. The molecule has 0 radical (unpaired) electrons. The minimum atomic E-state index is -0.620. The Kier molecular flexibility index (Phi) is 17.2. The van der Waals surface area contributed by atoms with Crippen LogP contribution in [0.15, 0.2) is 0 Å². The lowest BCUT2D eigenvalue weighted by Gasteiger charge is -2.17. The van der Waals surface area contributed by atoms with Crippen LogP contribution in [0.3, 0.4) is 0 Å². The second-order valence-corrected chi connectivity index (χ2v) is 7.18. The van der Waals surface area contributed by atoms with Crippen molar-refractivity contribution in [1.82, 2.24) is 5.32 Å². The summed E-state index contributed by atoms with van der Waals surface area (Å²) in [5.41, 5.74) is 0. The van der Waals surface area contributed by atoms with E-state index in [4.69, 9.17) is 9.47 Å². The lowest BCUT2D eigenvalue weighted by atomic mass is 10.1. The normalized spacial score (nSPS) is 11.8. The summed E-state index contributed by atoms with van der Waals surface area (Å²) in [5, 5.41) is 2.59. The fourth-order valence-corrected chi connectivity index (χ4v) is 2.96. The first kappa shape index (κ1) is 24.1. The molecule has 0 aliphatic heterocycles. The first-order valence-electron chi connectivity index (χ1n) is 9.74. The van der Waals surface area contributed by atoms with E-state index >= 15 is 0 Å². The van der Waals surface area contributed by atoms with Crippen LogP contribution in [0, 0.1) is 0 Å². The molecule has 1 atom stereocenters. The van der Waals surface area contributed by atoms with Gasteiger partial charge in [-0.05, 0) is 31.8 Å². The van der Waals surface area contributed by atoms with Gasteiger partial charge in [-0.1, -0.05) is 58.3 Å². The van der Waals surface area contributed by atoms with Gasteiger partial charge < -0.3 is 14.8 Å². The Bertz CT molecular complexity index is 339. The van der Waals surface area contributed by atoms with E-state index in [0.29, 0.717) is 13.0 Å². The van der Waals surface area contributed by atoms with Gasteiger partial charge in [-0.3, -0.25) is 0 Å². The highest BCUT2D eigenvalue weighted by atomic mass is 32.2. The number of amides is 1. The number of unbranched alkanes of at least 4 members (excludes halogenated alkanes) is 8. The van der Waals surface area contributed by atoms with Crippen LogP contribution in [0.1, 0.15) is 78.1 Å². The highest BCUT2D eigenvalue weighted by molar-refractivity contribution is 7.98. The van der Waals surface area contributed by atoms with Gasteiger partial charge in [0.25, 0.3) is 0 Å². The zero-order valence-corrected chi connectivity index (χ0v) is 17.1. The van der Waals surface area contributed by atoms with Gasteiger partial charge in [0, 0.05) is 0 Å². The van der Waals surface area contributed by atoms with Crippen LogP contribution in [0.5, 0.6) is 0 Å². The van der Waals surface area contributed by atoms with E-state index in [0.717, 1.165) is 18.6 Å². The number of rotatable bonds is 16. The molecule has 0 rings (SSSR count). The van der Waals surface area contributed by atoms with Crippen molar-refractivity contribution in [3.63, 3.8) is 0 Å². The Hall–Kier alpha value is -0.910. The first-order chi connectivity index (χ1) is 12.2. The smallest absolute Gasteiger partial charge is 0.407 e. The third kappa shape index (κ3) is 15.1. The number of carbonyl (C=O) groups excluding carboxylic acids is 2. The molecule has 0 bridgehead atoms. The lowest BCUT2D eigenvalue weighted by molar-refractivity contribution is -0.146. The molecule has 1 amide bonds. The van der Waals surface area contributed by atoms with Crippen molar-refractivity contribution in [2.24, 2.45) is 0 Å². The van der Waals surface area contributed by atoms with Crippen molar-refractivity contribution >= 4 is 23.8 Å². The molecule has 0 aromatic carbocycles. The summed E-state index contributed by atoms with van der Waals surface area (Å²) in [5.74, 6) is 0.422. The van der Waals surface area contributed by atoms with Crippen molar-refractivity contribution in [3.8, 4) is 0 Å². The topological polar surface area (TPSA) is 64.6 Å². The molecule has 5 nitrogen and oxygen atoms in total. The minimum Gasteiger partial charge on any atom is -0.464 e. The number of nitrogens with one attached hydrogen (secondary N) is 1. The Labute approximate surface area is 158 Å². The Balaban J connectivity index is 3.80. The number of hydrogen-bond acceptors (Lipinski definition) is 5. The molecule has 1 N–H and O–H groups in total. The maximum Gasteiger partial charge on any atom is 0.407 e. The molecule has 0 spiro atoms. The zero-order valence-electron chi connectivity index (χ0n) is 16.3. The molecule has 0 aromatic heterocycles. The summed E-state index contributed by atoms with van der Waals surface area (Å²) in [4.78, 5) is 23.6. The maximum atomic E-state index is 12.1. The number of thioether (sulfide) groups is 1. The van der Waals surface area contributed by atoms with Crippen molar-refractivity contribution in [1.29, 1.82) is 0 Å². The lowest BCUT2D eigenvalue weighted by Crippen LogP contribution is -2.42. The van der Waals surface area contributed by atoms with Crippen LogP contribution in [0.2, 0.25) is 0 Å². The summed E-state index contributed by atoms with van der Waals surface area (Å²) in [6, 6.07) is -0.620. The van der Waals surface area contributed by atoms with Gasteiger partial charge in [0.05, 0.1) is 13.2 Å². The van der Waals surface area contributed by atoms with Gasteiger partial charge >= 0.3 is 12.1 Å². The second-order valence-electron chi connectivity index (χ2n) is 6.19. The molecule has 0 heterocycles. The van der Waals surface area contributed by atoms with E-state index < -0.39 is 12.1 Å². The minimum absolute atomic E-state index is 0.286. The van der Waals surface area contributed by atoms with Crippen molar-refractivity contribution in [3.05, 3.63) is 0 Å². The number of carbonyl (C=O) groups is 2. The summed E-state index contributed by atoms with van der Waals surface area (Å²) < 4.78 is 10.2. The molecule has 0 saturated heterocycles. The molecule has 148 valence electrons. The molecule has 0 saturated carbocycles. The van der Waals surface area contributed by atoms with Gasteiger partial charge in [-0.2, -0.15) is 11.8 Å². The Morgan fingerprint density at radius 1 is 0.920 bits per heavy atom. The summed E-state index contributed by atoms with van der Waals surface area (Å²) >= 11 is 1.63. The van der Waals surface area contributed by atoms with Gasteiger partial charge in [0.1, 0.15) is 6.04 Å². The maximum absolute atomic E-state index is 12.1. The number of esters is 1. The predicted molar refractivity (Wildman–Crippen MR) is 105 cm³/mol. The molecule has 0 aliphatic carbocycles. The zero-order chi connectivity index (χ0) is 18.8. The quantitative estimate of drug-likeness (QED) is 0.306. The number of alkyl carbamates (subject to hydrolysis) is 1. The van der Waals surface area contributed by atoms with Crippen LogP contribution in [0.4, 0.5) is 4.79 Å². The SMILES string of the molecule is CCCCCCCCCCCOC(=O)C(CCSC)NC(=O)OCC. The number of ether oxygens (including phenoxy) is 2. The van der Waals surface area contributed by atoms with E-state index in [1.54, 1.807) is 18.7 Å². The van der Waals surface area contributed by atoms with E-state index in [1.807, 2.05) is 6.26 Å². The van der Waals surface area contributed by atoms with Gasteiger partial charge in [-0.25, -0.2) is 9.59 Å². The van der Waals surface area contributed by atoms with E-state index in [2.05, 4.69) is 12.2 Å². The monoisotopic (exact) mass is 375 g/mol. The van der Waals surface area contributed by atoms with E-state index in [9.17, 15) is 9.59 Å². The summed E-state index contributed by atoms with van der Waals surface area (Å²) in [7, 11) is 0. The van der Waals surface area contributed by atoms with Crippen LogP contribution < -0.4 is 5.32 Å². The fraction of sp³-hybridized carbons (Fsp3) is 0.895. The van der Waals surface area contributed by atoms with E-state index in [-0.39, 0.29) is 12.6 Å². The molecule has 0 aliphatic rings. The Morgan fingerprint density at radius 2 is 1.52 bits per heavy atom.